The van der Waals surface area contributed by atoms with Crippen LogP contribution >= 0.6 is 0 Å². The van der Waals surface area contributed by atoms with Crippen molar-refractivity contribution in [1.29, 1.82) is 0 Å². The molecule has 0 bridgehead atoms. The molecule has 0 radical (unpaired) electrons. The van der Waals surface area contributed by atoms with Crippen molar-refractivity contribution >= 4 is 0 Å². The van der Waals surface area contributed by atoms with Crippen LogP contribution in [0, 0.1) is 17.5 Å². The van der Waals surface area contributed by atoms with Gasteiger partial charge in [0.2, 0.25) is 0 Å². The lowest BCUT2D eigenvalue weighted by Gasteiger charge is -2.14. The Balaban J connectivity index is 1.88. The summed E-state index contributed by atoms with van der Waals surface area (Å²) in [5.74, 6) is -1.41. The van der Waals surface area contributed by atoms with Crippen molar-refractivity contribution in [2.24, 2.45) is 0 Å². The molecule has 0 saturated heterocycles. The number of benzene rings is 2. The number of hydrogen-bond acceptors (Lipinski definition) is 1. The maximum Gasteiger partial charge on any atom is 0.126 e. The Labute approximate surface area is 116 Å². The van der Waals surface area contributed by atoms with Gasteiger partial charge in [0.1, 0.15) is 17.5 Å². The first-order valence-corrected chi connectivity index (χ1v) is 6.46. The number of nitrogens with one attached hydrogen (secondary N) is 1. The molecule has 0 saturated carbocycles. The molecule has 1 unspecified atom stereocenters. The lowest BCUT2D eigenvalue weighted by Crippen LogP contribution is -2.27. The fraction of sp³-hybridized carbons (Fsp3) is 0.250. The molecule has 1 nitrogen and oxygen atoms in total. The van der Waals surface area contributed by atoms with Crippen LogP contribution in [0.5, 0.6) is 0 Å². The highest BCUT2D eigenvalue weighted by molar-refractivity contribution is 5.19. The van der Waals surface area contributed by atoms with E-state index in [0.717, 1.165) is 18.1 Å². The van der Waals surface area contributed by atoms with E-state index in [1.165, 1.54) is 24.3 Å². The predicted molar refractivity (Wildman–Crippen MR) is 72.8 cm³/mol. The second kappa shape index (κ2) is 6.57. The first-order valence-electron chi connectivity index (χ1n) is 6.46. The van der Waals surface area contributed by atoms with Crippen molar-refractivity contribution in [3.8, 4) is 0 Å². The SMILES string of the molecule is CC(Cc1ccc(F)cc1)NCc1cc(F)cc(F)c1. The summed E-state index contributed by atoms with van der Waals surface area (Å²) in [5.41, 5.74) is 1.57. The van der Waals surface area contributed by atoms with Gasteiger partial charge in [0.05, 0.1) is 0 Å². The molecule has 0 spiro atoms. The molecular formula is C16H16F3N. The van der Waals surface area contributed by atoms with Gasteiger partial charge in [-0.05, 0) is 48.7 Å². The summed E-state index contributed by atoms with van der Waals surface area (Å²) in [6, 6.07) is 9.89. The Hall–Kier alpha value is -1.81. The summed E-state index contributed by atoms with van der Waals surface area (Å²) in [5, 5.41) is 3.19. The van der Waals surface area contributed by atoms with Crippen LogP contribution in [0.3, 0.4) is 0 Å². The standard InChI is InChI=1S/C16H16F3N/c1-11(6-12-2-4-14(17)5-3-12)20-10-13-7-15(18)9-16(19)8-13/h2-5,7-9,11,20H,6,10H2,1H3. The minimum Gasteiger partial charge on any atom is -0.310 e. The highest BCUT2D eigenvalue weighted by atomic mass is 19.1. The van der Waals surface area contributed by atoms with Gasteiger partial charge in [-0.15, -0.1) is 0 Å². The van der Waals surface area contributed by atoms with E-state index in [1.54, 1.807) is 12.1 Å². The Morgan fingerprint density at radius 1 is 0.850 bits per heavy atom. The van der Waals surface area contributed by atoms with Crippen LogP contribution in [-0.2, 0) is 13.0 Å². The minimum atomic E-state index is -0.576. The van der Waals surface area contributed by atoms with Gasteiger partial charge in [0, 0.05) is 18.7 Å². The molecule has 0 amide bonds. The first-order chi connectivity index (χ1) is 9.52. The average molecular weight is 279 g/mol. The molecule has 0 aromatic heterocycles. The molecule has 2 rings (SSSR count). The van der Waals surface area contributed by atoms with Crippen LogP contribution in [0.1, 0.15) is 18.1 Å². The number of rotatable bonds is 5. The highest BCUT2D eigenvalue weighted by Gasteiger charge is 2.05. The molecule has 1 N–H and O–H groups in total. The van der Waals surface area contributed by atoms with Crippen molar-refractivity contribution in [1.82, 2.24) is 5.32 Å². The van der Waals surface area contributed by atoms with Gasteiger partial charge in [-0.25, -0.2) is 13.2 Å². The van der Waals surface area contributed by atoms with E-state index in [4.69, 9.17) is 0 Å². The zero-order chi connectivity index (χ0) is 14.5. The van der Waals surface area contributed by atoms with E-state index >= 15 is 0 Å². The Bertz CT molecular complexity index is 546. The minimum absolute atomic E-state index is 0.117. The molecule has 106 valence electrons. The van der Waals surface area contributed by atoms with Gasteiger partial charge in [-0.3, -0.25) is 0 Å². The van der Waals surface area contributed by atoms with Crippen molar-refractivity contribution in [2.75, 3.05) is 0 Å². The second-order valence-corrected chi connectivity index (χ2v) is 4.89. The van der Waals surface area contributed by atoms with E-state index in [9.17, 15) is 13.2 Å². The molecule has 0 fully saturated rings. The lowest BCUT2D eigenvalue weighted by molar-refractivity contribution is 0.535. The fourth-order valence-corrected chi connectivity index (χ4v) is 2.05. The lowest BCUT2D eigenvalue weighted by atomic mass is 10.1. The van der Waals surface area contributed by atoms with Gasteiger partial charge >= 0.3 is 0 Å². The Kier molecular flexibility index (Phi) is 4.79. The third kappa shape index (κ3) is 4.38. The van der Waals surface area contributed by atoms with Crippen LogP contribution in [0.15, 0.2) is 42.5 Å². The smallest absolute Gasteiger partial charge is 0.126 e. The number of halogens is 3. The van der Waals surface area contributed by atoms with E-state index in [2.05, 4.69) is 5.32 Å². The van der Waals surface area contributed by atoms with Crippen molar-refractivity contribution < 1.29 is 13.2 Å². The monoisotopic (exact) mass is 279 g/mol. The first kappa shape index (κ1) is 14.6. The van der Waals surface area contributed by atoms with Crippen LogP contribution in [0.4, 0.5) is 13.2 Å². The van der Waals surface area contributed by atoms with Gasteiger partial charge in [-0.2, -0.15) is 0 Å². The summed E-state index contributed by atoms with van der Waals surface area (Å²) < 4.78 is 38.9. The quantitative estimate of drug-likeness (QED) is 0.877. The van der Waals surface area contributed by atoms with Crippen LogP contribution in [0.25, 0.3) is 0 Å². The fourth-order valence-electron chi connectivity index (χ4n) is 2.05. The maximum atomic E-state index is 13.0. The third-order valence-electron chi connectivity index (χ3n) is 3.03. The Morgan fingerprint density at radius 3 is 2.05 bits per heavy atom. The molecule has 2 aromatic rings. The van der Waals surface area contributed by atoms with Gasteiger partial charge in [-0.1, -0.05) is 12.1 Å². The molecule has 20 heavy (non-hydrogen) atoms. The van der Waals surface area contributed by atoms with Gasteiger partial charge < -0.3 is 5.32 Å². The topological polar surface area (TPSA) is 12.0 Å². The van der Waals surface area contributed by atoms with E-state index in [1.807, 2.05) is 6.92 Å². The average Bonchev–Trinajstić information content (AvgIpc) is 2.38. The molecule has 0 aliphatic rings. The normalized spacial score (nSPS) is 12.4. The van der Waals surface area contributed by atoms with E-state index in [0.29, 0.717) is 12.1 Å². The van der Waals surface area contributed by atoms with Gasteiger partial charge in [0.25, 0.3) is 0 Å². The molecular weight excluding hydrogens is 263 g/mol. The van der Waals surface area contributed by atoms with Crippen molar-refractivity contribution in [3.05, 3.63) is 71.0 Å². The van der Waals surface area contributed by atoms with Gasteiger partial charge in [0.15, 0.2) is 0 Å². The molecule has 4 heteroatoms. The van der Waals surface area contributed by atoms with E-state index < -0.39 is 11.6 Å². The summed E-state index contributed by atoms with van der Waals surface area (Å²) >= 11 is 0. The molecule has 0 aliphatic heterocycles. The molecule has 0 heterocycles. The summed E-state index contributed by atoms with van der Waals surface area (Å²) in [6.45, 7) is 2.36. The Morgan fingerprint density at radius 2 is 1.45 bits per heavy atom. The summed E-state index contributed by atoms with van der Waals surface area (Å²) in [6.07, 6.45) is 0.720. The van der Waals surface area contributed by atoms with Crippen LogP contribution in [-0.4, -0.2) is 6.04 Å². The second-order valence-electron chi connectivity index (χ2n) is 4.89. The van der Waals surface area contributed by atoms with E-state index in [-0.39, 0.29) is 11.9 Å². The van der Waals surface area contributed by atoms with Crippen molar-refractivity contribution in [2.45, 2.75) is 25.9 Å². The maximum absolute atomic E-state index is 13.0. The van der Waals surface area contributed by atoms with Crippen LogP contribution < -0.4 is 5.32 Å². The zero-order valence-corrected chi connectivity index (χ0v) is 11.2. The van der Waals surface area contributed by atoms with Crippen molar-refractivity contribution in [3.63, 3.8) is 0 Å². The number of hydrogen-bond donors (Lipinski definition) is 1. The molecule has 0 aliphatic carbocycles. The third-order valence-corrected chi connectivity index (χ3v) is 3.03. The largest absolute Gasteiger partial charge is 0.310 e. The molecule has 1 atom stereocenters. The highest BCUT2D eigenvalue weighted by Crippen LogP contribution is 2.09. The zero-order valence-electron chi connectivity index (χ0n) is 11.2. The summed E-state index contributed by atoms with van der Waals surface area (Å²) in [4.78, 5) is 0. The van der Waals surface area contributed by atoms with Crippen LogP contribution in [0.2, 0.25) is 0 Å². The summed E-state index contributed by atoms with van der Waals surface area (Å²) in [7, 11) is 0. The molecule has 2 aromatic carbocycles. The predicted octanol–water partition coefficient (Wildman–Crippen LogP) is 3.82.